The van der Waals surface area contributed by atoms with Crippen molar-refractivity contribution in [3.05, 3.63) is 40.3 Å². The van der Waals surface area contributed by atoms with E-state index in [2.05, 4.69) is 22.3 Å². The topological polar surface area (TPSA) is 42.7 Å². The van der Waals surface area contributed by atoms with E-state index in [0.717, 1.165) is 42.4 Å². The summed E-state index contributed by atoms with van der Waals surface area (Å²) in [6.07, 6.45) is 1.12. The Hall–Kier alpha value is -1.39. The standard InChI is InChI=1S/C14H19ClN4/c1-4-8-16-9-12-6-5-7-13(17-12)19-11(3)14(15)10(2)18-19/h5-7,16H,4,8-9H2,1-3H3. The molecule has 0 saturated heterocycles. The van der Waals surface area contributed by atoms with E-state index in [1.165, 1.54) is 0 Å². The number of nitrogens with zero attached hydrogens (tertiary/aromatic N) is 3. The lowest BCUT2D eigenvalue weighted by Crippen LogP contribution is -2.15. The van der Waals surface area contributed by atoms with Crippen molar-refractivity contribution in [2.75, 3.05) is 6.54 Å². The Labute approximate surface area is 118 Å². The lowest BCUT2D eigenvalue weighted by Gasteiger charge is -2.07. The van der Waals surface area contributed by atoms with Gasteiger partial charge in [-0.2, -0.15) is 5.10 Å². The van der Waals surface area contributed by atoms with Crippen molar-refractivity contribution < 1.29 is 0 Å². The minimum atomic E-state index is 0.705. The third-order valence-corrected chi connectivity index (χ3v) is 3.49. The largest absolute Gasteiger partial charge is 0.311 e. The molecular formula is C14H19ClN4. The van der Waals surface area contributed by atoms with Crippen LogP contribution < -0.4 is 5.32 Å². The van der Waals surface area contributed by atoms with Gasteiger partial charge in [0.15, 0.2) is 5.82 Å². The predicted molar refractivity (Wildman–Crippen MR) is 77.8 cm³/mol. The summed E-state index contributed by atoms with van der Waals surface area (Å²) in [5, 5.41) is 8.47. The zero-order valence-corrected chi connectivity index (χ0v) is 12.3. The molecule has 0 aliphatic heterocycles. The Kier molecular flexibility index (Phi) is 4.56. The Morgan fingerprint density at radius 1 is 1.32 bits per heavy atom. The van der Waals surface area contributed by atoms with Crippen LogP contribution >= 0.6 is 11.6 Å². The van der Waals surface area contributed by atoms with Crippen molar-refractivity contribution in [2.45, 2.75) is 33.7 Å². The third-order valence-electron chi connectivity index (χ3n) is 2.94. The molecule has 2 aromatic rings. The third kappa shape index (κ3) is 3.14. The molecule has 4 nitrogen and oxygen atoms in total. The van der Waals surface area contributed by atoms with E-state index in [1.54, 1.807) is 4.68 Å². The van der Waals surface area contributed by atoms with Crippen LogP contribution in [-0.2, 0) is 6.54 Å². The molecule has 0 atom stereocenters. The fourth-order valence-electron chi connectivity index (χ4n) is 1.92. The predicted octanol–water partition coefficient (Wildman–Crippen LogP) is 3.04. The van der Waals surface area contributed by atoms with Crippen LogP contribution in [0.1, 0.15) is 30.4 Å². The molecule has 5 heteroatoms. The van der Waals surface area contributed by atoms with Crippen LogP contribution in [0.5, 0.6) is 0 Å². The van der Waals surface area contributed by atoms with Crippen LogP contribution in [-0.4, -0.2) is 21.3 Å². The molecule has 1 N–H and O–H groups in total. The van der Waals surface area contributed by atoms with E-state index in [-0.39, 0.29) is 0 Å². The lowest BCUT2D eigenvalue weighted by atomic mass is 10.3. The van der Waals surface area contributed by atoms with Crippen LogP contribution in [0.15, 0.2) is 18.2 Å². The maximum Gasteiger partial charge on any atom is 0.154 e. The number of nitrogens with one attached hydrogen (secondary N) is 1. The number of hydrogen-bond acceptors (Lipinski definition) is 3. The number of halogens is 1. The molecule has 0 spiro atoms. The molecule has 0 saturated carbocycles. The first-order valence-corrected chi connectivity index (χ1v) is 6.90. The van der Waals surface area contributed by atoms with Gasteiger partial charge in [-0.15, -0.1) is 0 Å². The van der Waals surface area contributed by atoms with Crippen LogP contribution in [0.25, 0.3) is 5.82 Å². The Morgan fingerprint density at radius 2 is 2.11 bits per heavy atom. The van der Waals surface area contributed by atoms with Crippen molar-refractivity contribution >= 4 is 11.6 Å². The molecule has 2 heterocycles. The first kappa shape index (κ1) is 14.0. The van der Waals surface area contributed by atoms with Gasteiger partial charge in [-0.1, -0.05) is 24.6 Å². The van der Waals surface area contributed by atoms with E-state index >= 15 is 0 Å². The highest BCUT2D eigenvalue weighted by molar-refractivity contribution is 6.31. The molecule has 0 unspecified atom stereocenters. The van der Waals surface area contributed by atoms with Gasteiger partial charge in [0.05, 0.1) is 22.1 Å². The molecule has 2 aromatic heterocycles. The molecule has 0 amide bonds. The summed E-state index contributed by atoms with van der Waals surface area (Å²) < 4.78 is 1.79. The van der Waals surface area contributed by atoms with E-state index in [9.17, 15) is 0 Å². The molecule has 0 aliphatic carbocycles. The smallest absolute Gasteiger partial charge is 0.154 e. The fourth-order valence-corrected chi connectivity index (χ4v) is 2.04. The summed E-state index contributed by atoms with van der Waals surface area (Å²) >= 11 is 6.17. The summed E-state index contributed by atoms with van der Waals surface area (Å²) in [6, 6.07) is 5.95. The van der Waals surface area contributed by atoms with Gasteiger partial charge in [0, 0.05) is 6.54 Å². The molecule has 2 rings (SSSR count). The summed E-state index contributed by atoms with van der Waals surface area (Å²) in [7, 11) is 0. The fraction of sp³-hybridized carbons (Fsp3) is 0.429. The van der Waals surface area contributed by atoms with Crippen LogP contribution in [0.2, 0.25) is 5.02 Å². The number of rotatable bonds is 5. The molecule has 0 fully saturated rings. The minimum Gasteiger partial charge on any atom is -0.311 e. The first-order chi connectivity index (χ1) is 9.13. The van der Waals surface area contributed by atoms with E-state index < -0.39 is 0 Å². The van der Waals surface area contributed by atoms with Crippen molar-refractivity contribution in [3.8, 4) is 5.82 Å². The van der Waals surface area contributed by atoms with Gasteiger partial charge in [-0.3, -0.25) is 0 Å². The monoisotopic (exact) mass is 278 g/mol. The zero-order valence-electron chi connectivity index (χ0n) is 11.6. The van der Waals surface area contributed by atoms with Crippen LogP contribution in [0.4, 0.5) is 0 Å². The molecule has 102 valence electrons. The van der Waals surface area contributed by atoms with Crippen LogP contribution in [0, 0.1) is 13.8 Å². The van der Waals surface area contributed by atoms with Gasteiger partial charge in [-0.05, 0) is 38.9 Å². The average Bonchev–Trinajstić information content (AvgIpc) is 2.67. The average molecular weight is 279 g/mol. The first-order valence-electron chi connectivity index (χ1n) is 6.52. The normalized spacial score (nSPS) is 10.9. The zero-order chi connectivity index (χ0) is 13.8. The summed E-state index contributed by atoms with van der Waals surface area (Å²) in [5.41, 5.74) is 2.76. The molecule has 0 radical (unpaired) electrons. The van der Waals surface area contributed by atoms with Crippen LogP contribution in [0.3, 0.4) is 0 Å². The molecule has 0 bridgehead atoms. The highest BCUT2D eigenvalue weighted by Gasteiger charge is 2.11. The maximum atomic E-state index is 6.17. The second-order valence-corrected chi connectivity index (χ2v) is 4.94. The maximum absolute atomic E-state index is 6.17. The summed E-state index contributed by atoms with van der Waals surface area (Å²) in [5.74, 6) is 0.809. The van der Waals surface area contributed by atoms with Gasteiger partial charge in [0.1, 0.15) is 0 Å². The van der Waals surface area contributed by atoms with Crippen molar-refractivity contribution in [3.63, 3.8) is 0 Å². The second kappa shape index (κ2) is 6.17. The van der Waals surface area contributed by atoms with Crippen molar-refractivity contribution in [2.24, 2.45) is 0 Å². The number of pyridine rings is 1. The number of aryl methyl sites for hydroxylation is 1. The summed E-state index contributed by atoms with van der Waals surface area (Å²) in [4.78, 5) is 4.61. The molecule has 19 heavy (non-hydrogen) atoms. The second-order valence-electron chi connectivity index (χ2n) is 4.56. The Balaban J connectivity index is 2.25. The molecule has 0 aliphatic rings. The minimum absolute atomic E-state index is 0.705. The molecule has 0 aromatic carbocycles. The van der Waals surface area contributed by atoms with Crippen molar-refractivity contribution in [1.82, 2.24) is 20.1 Å². The highest BCUT2D eigenvalue weighted by atomic mass is 35.5. The van der Waals surface area contributed by atoms with Crippen molar-refractivity contribution in [1.29, 1.82) is 0 Å². The number of aromatic nitrogens is 3. The van der Waals surface area contributed by atoms with Gasteiger partial charge in [0.25, 0.3) is 0 Å². The van der Waals surface area contributed by atoms with E-state index in [1.807, 2.05) is 32.0 Å². The number of hydrogen-bond donors (Lipinski definition) is 1. The molecular weight excluding hydrogens is 260 g/mol. The van der Waals surface area contributed by atoms with Gasteiger partial charge in [0.2, 0.25) is 0 Å². The highest BCUT2D eigenvalue weighted by Crippen LogP contribution is 2.21. The van der Waals surface area contributed by atoms with E-state index in [0.29, 0.717) is 5.02 Å². The summed E-state index contributed by atoms with van der Waals surface area (Å²) in [6.45, 7) is 7.77. The van der Waals surface area contributed by atoms with Gasteiger partial charge < -0.3 is 5.32 Å². The van der Waals surface area contributed by atoms with Gasteiger partial charge in [-0.25, -0.2) is 9.67 Å². The SMILES string of the molecule is CCCNCc1cccc(-n2nc(C)c(Cl)c2C)n1. The Morgan fingerprint density at radius 3 is 2.74 bits per heavy atom. The van der Waals surface area contributed by atoms with Gasteiger partial charge >= 0.3 is 0 Å². The Bertz CT molecular complexity index is 563. The quantitative estimate of drug-likeness (QED) is 0.855. The van der Waals surface area contributed by atoms with E-state index in [4.69, 9.17) is 11.6 Å². The lowest BCUT2D eigenvalue weighted by molar-refractivity contribution is 0.660.